The first-order chi connectivity index (χ1) is 9.63. The molecule has 2 aromatic carbocycles. The van der Waals surface area contributed by atoms with Crippen LogP contribution in [0.3, 0.4) is 0 Å². The molecule has 0 spiro atoms. The fourth-order valence-electron chi connectivity index (χ4n) is 2.84. The zero-order valence-corrected chi connectivity index (χ0v) is 11.6. The number of nitrogens with one attached hydrogen (secondary N) is 1. The molecular formula is C17H19NO2. The number of anilines is 1. The first-order valence-electron chi connectivity index (χ1n) is 7.01. The molecule has 0 bridgehead atoms. The van der Waals surface area contributed by atoms with Gasteiger partial charge in [-0.25, -0.2) is 0 Å². The largest absolute Gasteiger partial charge is 0.508 e. The van der Waals surface area contributed by atoms with Crippen molar-refractivity contribution in [2.45, 2.75) is 32.2 Å². The summed E-state index contributed by atoms with van der Waals surface area (Å²) in [6, 6.07) is 11.4. The van der Waals surface area contributed by atoms with E-state index in [-0.39, 0.29) is 6.04 Å². The van der Waals surface area contributed by atoms with Crippen molar-refractivity contribution in [1.29, 1.82) is 0 Å². The zero-order chi connectivity index (χ0) is 14.1. The Labute approximate surface area is 118 Å². The molecule has 1 atom stereocenters. The van der Waals surface area contributed by atoms with Gasteiger partial charge >= 0.3 is 0 Å². The van der Waals surface area contributed by atoms with Gasteiger partial charge in [0.2, 0.25) is 0 Å². The van der Waals surface area contributed by atoms with E-state index in [1.165, 1.54) is 5.56 Å². The van der Waals surface area contributed by atoms with E-state index in [4.69, 9.17) is 0 Å². The van der Waals surface area contributed by atoms with Gasteiger partial charge in [-0.2, -0.15) is 0 Å². The van der Waals surface area contributed by atoms with Crippen molar-refractivity contribution in [1.82, 2.24) is 0 Å². The number of benzene rings is 2. The van der Waals surface area contributed by atoms with Crippen LogP contribution in [0.4, 0.5) is 5.69 Å². The highest BCUT2D eigenvalue weighted by Crippen LogP contribution is 2.35. The van der Waals surface area contributed by atoms with Gasteiger partial charge < -0.3 is 15.5 Å². The summed E-state index contributed by atoms with van der Waals surface area (Å²) in [5.41, 5.74) is 4.24. The lowest BCUT2D eigenvalue weighted by Crippen LogP contribution is -2.17. The minimum atomic E-state index is 0.188. The van der Waals surface area contributed by atoms with E-state index in [0.29, 0.717) is 11.5 Å². The van der Waals surface area contributed by atoms with Gasteiger partial charge in [-0.3, -0.25) is 0 Å². The highest BCUT2D eigenvalue weighted by Gasteiger charge is 2.20. The fourth-order valence-corrected chi connectivity index (χ4v) is 2.84. The summed E-state index contributed by atoms with van der Waals surface area (Å²) in [6.07, 6.45) is 3.23. The van der Waals surface area contributed by atoms with Crippen molar-refractivity contribution in [3.05, 3.63) is 53.1 Å². The summed E-state index contributed by atoms with van der Waals surface area (Å²) < 4.78 is 0. The maximum atomic E-state index is 9.79. The summed E-state index contributed by atoms with van der Waals surface area (Å²) in [4.78, 5) is 0. The molecule has 1 aliphatic rings. The van der Waals surface area contributed by atoms with Gasteiger partial charge in [0.1, 0.15) is 11.5 Å². The van der Waals surface area contributed by atoms with Gasteiger partial charge in [0.15, 0.2) is 0 Å². The molecule has 0 fully saturated rings. The van der Waals surface area contributed by atoms with Crippen molar-refractivity contribution < 1.29 is 10.2 Å². The quantitative estimate of drug-likeness (QED) is 0.775. The number of rotatable bonds is 2. The maximum Gasteiger partial charge on any atom is 0.120 e. The van der Waals surface area contributed by atoms with Crippen LogP contribution < -0.4 is 5.32 Å². The van der Waals surface area contributed by atoms with Crippen LogP contribution in [0, 0.1) is 6.92 Å². The smallest absolute Gasteiger partial charge is 0.120 e. The van der Waals surface area contributed by atoms with E-state index < -0.39 is 0 Å². The van der Waals surface area contributed by atoms with Crippen molar-refractivity contribution in [2.24, 2.45) is 0 Å². The van der Waals surface area contributed by atoms with Crippen molar-refractivity contribution in [2.75, 3.05) is 5.32 Å². The van der Waals surface area contributed by atoms with Crippen LogP contribution in [0.1, 0.15) is 35.6 Å². The predicted octanol–water partition coefficient (Wildman–Crippen LogP) is 3.90. The van der Waals surface area contributed by atoms with Gasteiger partial charge in [-0.1, -0.05) is 12.1 Å². The Morgan fingerprint density at radius 2 is 1.95 bits per heavy atom. The zero-order valence-electron chi connectivity index (χ0n) is 11.6. The molecule has 3 heteroatoms. The Bertz CT molecular complexity index is 637. The second-order valence-corrected chi connectivity index (χ2v) is 5.47. The molecule has 1 unspecified atom stereocenters. The van der Waals surface area contributed by atoms with Gasteiger partial charge in [0.05, 0.1) is 6.04 Å². The molecule has 0 amide bonds. The Balaban J connectivity index is 1.89. The first-order valence-corrected chi connectivity index (χ1v) is 7.01. The first kappa shape index (κ1) is 12.9. The number of aromatic hydroxyl groups is 2. The van der Waals surface area contributed by atoms with E-state index in [1.54, 1.807) is 12.1 Å². The number of hydrogen-bond acceptors (Lipinski definition) is 3. The monoisotopic (exact) mass is 269 g/mol. The second kappa shape index (κ2) is 5.08. The standard InChI is InChI=1S/C17H19NO2/c1-11-5-7-13(9-17(11)20)18-16-4-2-3-12-6-8-14(19)10-15(12)16/h5-10,16,18-20H,2-4H2,1H3. The van der Waals surface area contributed by atoms with Gasteiger partial charge in [0.25, 0.3) is 0 Å². The van der Waals surface area contributed by atoms with E-state index in [2.05, 4.69) is 5.32 Å². The van der Waals surface area contributed by atoms with Crippen LogP contribution in [-0.2, 0) is 6.42 Å². The molecule has 0 aliphatic heterocycles. The van der Waals surface area contributed by atoms with Crippen LogP contribution >= 0.6 is 0 Å². The van der Waals surface area contributed by atoms with Crippen LogP contribution in [0.25, 0.3) is 0 Å². The number of phenolic OH excluding ortho intramolecular Hbond substituents is 2. The average molecular weight is 269 g/mol. The number of fused-ring (bicyclic) bond motifs is 1. The molecule has 0 heterocycles. The van der Waals surface area contributed by atoms with E-state index >= 15 is 0 Å². The SMILES string of the molecule is Cc1ccc(NC2CCCc3ccc(O)cc32)cc1O. The normalized spacial score (nSPS) is 17.6. The van der Waals surface area contributed by atoms with Crippen LogP contribution in [-0.4, -0.2) is 10.2 Å². The molecule has 3 N–H and O–H groups in total. The molecule has 104 valence electrons. The maximum absolute atomic E-state index is 9.79. The van der Waals surface area contributed by atoms with Gasteiger partial charge in [-0.05, 0) is 61.1 Å². The molecule has 2 aromatic rings. The van der Waals surface area contributed by atoms with Crippen molar-refractivity contribution in [3.8, 4) is 11.5 Å². The van der Waals surface area contributed by atoms with Crippen molar-refractivity contribution in [3.63, 3.8) is 0 Å². The molecule has 1 aliphatic carbocycles. The molecule has 0 saturated carbocycles. The predicted molar refractivity (Wildman–Crippen MR) is 80.3 cm³/mol. The number of aryl methyl sites for hydroxylation is 2. The van der Waals surface area contributed by atoms with E-state index in [1.807, 2.05) is 31.2 Å². The summed E-state index contributed by atoms with van der Waals surface area (Å²) in [5.74, 6) is 0.617. The third-order valence-electron chi connectivity index (χ3n) is 3.99. The highest BCUT2D eigenvalue weighted by atomic mass is 16.3. The summed E-state index contributed by atoms with van der Waals surface area (Å²) >= 11 is 0. The lowest BCUT2D eigenvalue weighted by atomic mass is 9.87. The third kappa shape index (κ3) is 2.44. The summed E-state index contributed by atoms with van der Waals surface area (Å²) in [5, 5.41) is 22.9. The lowest BCUT2D eigenvalue weighted by Gasteiger charge is -2.27. The van der Waals surface area contributed by atoms with Crippen LogP contribution in [0.15, 0.2) is 36.4 Å². The summed E-state index contributed by atoms with van der Waals surface area (Å²) in [7, 11) is 0. The van der Waals surface area contributed by atoms with E-state index in [0.717, 1.165) is 36.1 Å². The van der Waals surface area contributed by atoms with E-state index in [9.17, 15) is 10.2 Å². The second-order valence-electron chi connectivity index (χ2n) is 5.47. The molecular weight excluding hydrogens is 250 g/mol. The lowest BCUT2D eigenvalue weighted by molar-refractivity contribution is 0.469. The number of hydrogen-bond donors (Lipinski definition) is 3. The minimum Gasteiger partial charge on any atom is -0.508 e. The van der Waals surface area contributed by atoms with Gasteiger partial charge in [-0.15, -0.1) is 0 Å². The molecule has 3 rings (SSSR count). The molecule has 0 radical (unpaired) electrons. The molecule has 0 saturated heterocycles. The number of phenols is 2. The topological polar surface area (TPSA) is 52.5 Å². The molecule has 20 heavy (non-hydrogen) atoms. The molecule has 3 nitrogen and oxygen atoms in total. The van der Waals surface area contributed by atoms with Crippen LogP contribution in [0.5, 0.6) is 11.5 Å². The summed E-state index contributed by atoms with van der Waals surface area (Å²) in [6.45, 7) is 1.88. The van der Waals surface area contributed by atoms with Crippen molar-refractivity contribution >= 4 is 5.69 Å². The van der Waals surface area contributed by atoms with Crippen LogP contribution in [0.2, 0.25) is 0 Å². The fraction of sp³-hybridized carbons (Fsp3) is 0.294. The highest BCUT2D eigenvalue weighted by molar-refractivity contribution is 5.53. The Hall–Kier alpha value is -2.16. The molecule has 0 aromatic heterocycles. The Morgan fingerprint density at radius 1 is 1.10 bits per heavy atom. The third-order valence-corrected chi connectivity index (χ3v) is 3.99. The average Bonchev–Trinajstić information content (AvgIpc) is 2.44. The van der Waals surface area contributed by atoms with Gasteiger partial charge in [0, 0.05) is 11.8 Å². The minimum absolute atomic E-state index is 0.188. The Morgan fingerprint density at radius 3 is 2.75 bits per heavy atom. The Kier molecular flexibility index (Phi) is 3.26.